The van der Waals surface area contributed by atoms with Crippen molar-refractivity contribution in [2.24, 2.45) is 0 Å². The van der Waals surface area contributed by atoms with Crippen molar-refractivity contribution in [2.75, 3.05) is 5.75 Å². The Bertz CT molecular complexity index is 483. The lowest BCUT2D eigenvalue weighted by Gasteiger charge is -2.30. The largest absolute Gasteiger partial charge is 0.458 e. The molecule has 24 heavy (non-hydrogen) atoms. The summed E-state index contributed by atoms with van der Waals surface area (Å²) in [6.45, 7) is 10.3. The molecule has 0 aliphatic rings. The van der Waals surface area contributed by atoms with Crippen molar-refractivity contribution in [3.05, 3.63) is 0 Å². The van der Waals surface area contributed by atoms with E-state index in [1.54, 1.807) is 20.8 Å². The predicted octanol–water partition coefficient (Wildman–Crippen LogP) is 3.14. The van der Waals surface area contributed by atoms with Crippen LogP contribution in [0.15, 0.2) is 0 Å². The first kappa shape index (κ1) is 22.6. The van der Waals surface area contributed by atoms with Crippen LogP contribution in [0.5, 0.6) is 0 Å². The molecule has 0 aliphatic carbocycles. The van der Waals surface area contributed by atoms with Crippen LogP contribution in [0.3, 0.4) is 0 Å². The third-order valence-electron chi connectivity index (χ3n) is 2.19. The summed E-state index contributed by atoms with van der Waals surface area (Å²) in [6, 6.07) is -2.27. The molecule has 0 spiro atoms. The molecule has 0 aromatic rings. The smallest absolute Gasteiger partial charge is 0.408 e. The molecule has 0 fully saturated rings. The molecule has 0 radical (unpaired) electrons. The molecule has 6 nitrogen and oxygen atoms in total. The van der Waals surface area contributed by atoms with Gasteiger partial charge in [0.1, 0.15) is 11.2 Å². The number of amides is 1. The van der Waals surface area contributed by atoms with Crippen LogP contribution < -0.4 is 5.32 Å². The van der Waals surface area contributed by atoms with E-state index in [1.165, 1.54) is 20.8 Å². The first-order valence-corrected chi connectivity index (χ1v) is 8.25. The molecule has 0 bridgehead atoms. The van der Waals surface area contributed by atoms with Crippen LogP contribution in [0.2, 0.25) is 0 Å². The second-order valence-electron chi connectivity index (χ2n) is 7.15. The number of hydrogen-bond acceptors (Lipinski definition) is 6. The number of alkyl carbamates (subject to hydrolysis) is 1. The number of esters is 1. The minimum absolute atomic E-state index is 0.353. The Kier molecular flexibility index (Phi) is 7.67. The summed E-state index contributed by atoms with van der Waals surface area (Å²) in [6.07, 6.45) is -1.18. The summed E-state index contributed by atoms with van der Waals surface area (Å²) in [5.74, 6) is -5.97. The Morgan fingerprint density at radius 2 is 1.46 bits per heavy atom. The summed E-state index contributed by atoms with van der Waals surface area (Å²) >= 11 is 0.353. The highest BCUT2D eigenvalue weighted by molar-refractivity contribution is 8.13. The van der Waals surface area contributed by atoms with Gasteiger partial charge in [0.05, 0.1) is 5.75 Å². The van der Waals surface area contributed by atoms with Crippen LogP contribution in [-0.4, -0.2) is 46.1 Å². The number of hydrogen-bond donors (Lipinski definition) is 1. The highest BCUT2D eigenvalue weighted by Crippen LogP contribution is 2.27. The maximum atomic E-state index is 14.3. The molecule has 0 aromatic carbocycles. The molecule has 0 rings (SSSR count). The van der Waals surface area contributed by atoms with Gasteiger partial charge in [-0.3, -0.25) is 4.79 Å². The Hall–Kier alpha value is -1.38. The third kappa shape index (κ3) is 9.69. The average Bonchev–Trinajstić information content (AvgIpc) is 2.29. The van der Waals surface area contributed by atoms with Crippen molar-refractivity contribution >= 4 is 28.9 Å². The van der Waals surface area contributed by atoms with Gasteiger partial charge in [-0.25, -0.2) is 18.4 Å². The summed E-state index contributed by atoms with van der Waals surface area (Å²) in [7, 11) is 0. The zero-order valence-electron chi connectivity index (χ0n) is 15.0. The van der Waals surface area contributed by atoms with Gasteiger partial charge in [-0.2, -0.15) is 0 Å². The summed E-state index contributed by atoms with van der Waals surface area (Å²) < 4.78 is 38.5. The van der Waals surface area contributed by atoms with Gasteiger partial charge in [-0.15, -0.1) is 0 Å². The van der Waals surface area contributed by atoms with Gasteiger partial charge in [0.15, 0.2) is 11.2 Å². The van der Waals surface area contributed by atoms with Crippen molar-refractivity contribution in [3.63, 3.8) is 0 Å². The van der Waals surface area contributed by atoms with E-state index in [4.69, 9.17) is 9.47 Å². The lowest BCUT2D eigenvalue weighted by atomic mass is 10.1. The van der Waals surface area contributed by atoms with Crippen LogP contribution in [0.4, 0.5) is 13.6 Å². The third-order valence-corrected chi connectivity index (χ3v) is 3.13. The number of carbonyl (C=O) groups excluding carboxylic acids is 3. The van der Waals surface area contributed by atoms with Gasteiger partial charge in [-0.1, -0.05) is 11.8 Å². The first-order valence-electron chi connectivity index (χ1n) is 7.27. The minimum atomic E-state index is -3.70. The maximum absolute atomic E-state index is 14.3. The van der Waals surface area contributed by atoms with E-state index in [0.29, 0.717) is 11.8 Å². The van der Waals surface area contributed by atoms with E-state index in [0.717, 1.165) is 6.92 Å². The van der Waals surface area contributed by atoms with Crippen molar-refractivity contribution < 1.29 is 32.6 Å². The van der Waals surface area contributed by atoms with Crippen molar-refractivity contribution in [3.8, 4) is 0 Å². The molecular formula is C15H25F2NO5S. The summed E-state index contributed by atoms with van der Waals surface area (Å²) in [5, 5.41) is 1.32. The number of alkyl halides is 2. The lowest BCUT2D eigenvalue weighted by Crippen LogP contribution is -2.56. The zero-order chi connectivity index (χ0) is 19.3. The molecule has 1 atom stereocenters. The van der Waals surface area contributed by atoms with Crippen LogP contribution in [0, 0.1) is 0 Å². The predicted molar refractivity (Wildman–Crippen MR) is 87.1 cm³/mol. The van der Waals surface area contributed by atoms with Crippen molar-refractivity contribution in [2.45, 2.75) is 71.6 Å². The van der Waals surface area contributed by atoms with E-state index in [-0.39, 0.29) is 0 Å². The Morgan fingerprint density at radius 1 is 1.00 bits per heavy atom. The summed E-state index contributed by atoms with van der Waals surface area (Å²) in [5.41, 5.74) is -1.94. The normalized spacial score (nSPS) is 13.9. The number of thioether (sulfide) groups is 1. The average molecular weight is 369 g/mol. The molecule has 0 aliphatic heterocycles. The molecule has 1 N–H and O–H groups in total. The lowest BCUT2D eigenvalue weighted by molar-refractivity contribution is -0.166. The first-order chi connectivity index (χ1) is 10.5. The molecule has 0 heterocycles. The molecule has 1 amide bonds. The van der Waals surface area contributed by atoms with E-state index in [9.17, 15) is 23.2 Å². The monoisotopic (exact) mass is 369 g/mol. The van der Waals surface area contributed by atoms with E-state index in [2.05, 4.69) is 0 Å². The Morgan fingerprint density at radius 3 is 1.83 bits per heavy atom. The Labute approximate surface area is 145 Å². The van der Waals surface area contributed by atoms with Gasteiger partial charge in [0, 0.05) is 6.92 Å². The number of halogens is 2. The highest BCUT2D eigenvalue weighted by Gasteiger charge is 2.48. The van der Waals surface area contributed by atoms with Gasteiger partial charge in [0.2, 0.25) is 0 Å². The molecular weight excluding hydrogens is 344 g/mol. The molecule has 0 aromatic heterocycles. The summed E-state index contributed by atoms with van der Waals surface area (Å²) in [4.78, 5) is 34.8. The number of carbonyl (C=O) groups is 3. The Balaban J connectivity index is 5.31. The van der Waals surface area contributed by atoms with Gasteiger partial charge < -0.3 is 14.8 Å². The van der Waals surface area contributed by atoms with Crippen LogP contribution in [-0.2, 0) is 19.1 Å². The number of rotatable bonds is 5. The molecule has 0 saturated heterocycles. The fourth-order valence-corrected chi connectivity index (χ4v) is 1.97. The van der Waals surface area contributed by atoms with Crippen molar-refractivity contribution in [1.29, 1.82) is 0 Å². The molecule has 9 heteroatoms. The molecule has 1 unspecified atom stereocenters. The second-order valence-corrected chi connectivity index (χ2v) is 8.31. The van der Waals surface area contributed by atoms with Crippen LogP contribution in [0.25, 0.3) is 0 Å². The van der Waals surface area contributed by atoms with E-state index < -0.39 is 46.1 Å². The maximum Gasteiger partial charge on any atom is 0.408 e. The molecule has 140 valence electrons. The SMILES string of the molecule is CC(=O)SCC(F)(F)C(NC(=O)OC(C)(C)C)C(=O)OC(C)(C)C. The van der Waals surface area contributed by atoms with Crippen LogP contribution >= 0.6 is 11.8 Å². The van der Waals surface area contributed by atoms with Crippen molar-refractivity contribution in [1.82, 2.24) is 5.32 Å². The van der Waals surface area contributed by atoms with Gasteiger partial charge in [0.25, 0.3) is 5.92 Å². The van der Waals surface area contributed by atoms with Gasteiger partial charge >= 0.3 is 12.1 Å². The second kappa shape index (κ2) is 8.13. The molecule has 0 saturated carbocycles. The fraction of sp³-hybridized carbons (Fsp3) is 0.800. The zero-order valence-corrected chi connectivity index (χ0v) is 15.8. The number of ether oxygens (including phenoxy) is 2. The van der Waals surface area contributed by atoms with E-state index >= 15 is 0 Å². The number of nitrogens with one attached hydrogen (secondary N) is 1. The van der Waals surface area contributed by atoms with Crippen LogP contribution in [0.1, 0.15) is 48.5 Å². The quantitative estimate of drug-likeness (QED) is 0.750. The van der Waals surface area contributed by atoms with Gasteiger partial charge in [-0.05, 0) is 41.5 Å². The topological polar surface area (TPSA) is 81.7 Å². The van der Waals surface area contributed by atoms with E-state index in [1.807, 2.05) is 5.32 Å². The standard InChI is InChI=1S/C15H25F2NO5S/c1-9(19)24-8-15(16,17)10(11(20)22-13(2,3)4)18-12(21)23-14(5,6)7/h10H,8H2,1-7H3,(H,18,21). The highest BCUT2D eigenvalue weighted by atomic mass is 32.2. The minimum Gasteiger partial charge on any atom is -0.458 e. The fourth-order valence-electron chi connectivity index (χ4n) is 1.40.